The maximum absolute atomic E-state index is 11.9. The Morgan fingerprint density at radius 3 is 2.42 bits per heavy atom. The van der Waals surface area contributed by atoms with Crippen LogP contribution in [0.3, 0.4) is 0 Å². The molecule has 1 fully saturated rings. The molecule has 2 rings (SSSR count). The molecule has 1 aliphatic rings. The zero-order chi connectivity index (χ0) is 23.1. The number of phenols is 2. The van der Waals surface area contributed by atoms with Gasteiger partial charge >= 0.3 is 5.97 Å². The molecule has 7 atom stereocenters. The number of carbonyl (C=O) groups excluding carboxylic acids is 1. The van der Waals surface area contributed by atoms with E-state index in [-0.39, 0.29) is 11.5 Å². The molecule has 1 aliphatic heterocycles. The molecule has 174 valence electrons. The van der Waals surface area contributed by atoms with E-state index in [1.807, 2.05) is 0 Å². The van der Waals surface area contributed by atoms with Gasteiger partial charge in [0.2, 0.25) is 0 Å². The Hall–Kier alpha value is -2.29. The van der Waals surface area contributed by atoms with Crippen LogP contribution in [-0.4, -0.2) is 110 Å². The molecule has 0 spiro atoms. The van der Waals surface area contributed by atoms with Crippen LogP contribution in [0.1, 0.15) is 5.56 Å². The zero-order valence-electron chi connectivity index (χ0n) is 16.3. The average Bonchev–Trinajstić information content (AvgIpc) is 2.76. The molecule has 1 saturated heterocycles. The van der Waals surface area contributed by atoms with Crippen LogP contribution >= 0.6 is 0 Å². The summed E-state index contributed by atoms with van der Waals surface area (Å²) in [6, 6.07) is 3.89. The third-order valence-corrected chi connectivity index (χ3v) is 4.53. The number of rotatable bonds is 9. The van der Waals surface area contributed by atoms with E-state index >= 15 is 0 Å². The van der Waals surface area contributed by atoms with Crippen LogP contribution in [0.5, 0.6) is 11.5 Å². The lowest BCUT2D eigenvalue weighted by Crippen LogP contribution is -2.59. The number of carbonyl (C=O) groups is 1. The van der Waals surface area contributed by atoms with Crippen LogP contribution < -0.4 is 0 Å². The van der Waals surface area contributed by atoms with Crippen molar-refractivity contribution in [2.45, 2.75) is 42.9 Å². The Morgan fingerprint density at radius 1 is 1.06 bits per heavy atom. The van der Waals surface area contributed by atoms with Crippen LogP contribution in [0.2, 0.25) is 0 Å². The fourth-order valence-electron chi connectivity index (χ4n) is 2.64. The van der Waals surface area contributed by atoms with Gasteiger partial charge in [-0.15, -0.1) is 0 Å². The highest BCUT2D eigenvalue weighted by atomic mass is 16.7. The van der Waals surface area contributed by atoms with E-state index in [2.05, 4.69) is 0 Å². The van der Waals surface area contributed by atoms with E-state index in [0.29, 0.717) is 5.56 Å². The Kier molecular flexibility index (Phi) is 9.15. The van der Waals surface area contributed by atoms with Crippen molar-refractivity contribution in [3.63, 3.8) is 0 Å². The summed E-state index contributed by atoms with van der Waals surface area (Å²) in [5.41, 5.74) is 0.400. The largest absolute Gasteiger partial charge is 0.504 e. The second-order valence-electron chi connectivity index (χ2n) is 6.88. The predicted octanol–water partition coefficient (Wildman–Crippen LogP) is -2.81. The second-order valence-corrected chi connectivity index (χ2v) is 6.88. The maximum atomic E-state index is 11.9. The van der Waals surface area contributed by atoms with Gasteiger partial charge in [0.25, 0.3) is 0 Å². The zero-order valence-corrected chi connectivity index (χ0v) is 16.3. The van der Waals surface area contributed by atoms with Crippen molar-refractivity contribution in [3.05, 3.63) is 29.8 Å². The van der Waals surface area contributed by atoms with E-state index in [9.17, 15) is 40.5 Å². The monoisotopic (exact) mass is 446 g/mol. The Bertz CT molecular complexity index is 753. The molecule has 0 aliphatic carbocycles. The first-order valence-electron chi connectivity index (χ1n) is 9.29. The highest BCUT2D eigenvalue weighted by molar-refractivity contribution is 5.87. The van der Waals surface area contributed by atoms with Gasteiger partial charge < -0.3 is 55.1 Å². The number of aliphatic hydroxyl groups excluding tert-OH is 6. The second kappa shape index (κ2) is 11.4. The lowest BCUT2D eigenvalue weighted by molar-refractivity contribution is -0.306. The number of hydrogen-bond donors (Lipinski definition) is 8. The summed E-state index contributed by atoms with van der Waals surface area (Å²) in [7, 11) is 0. The normalized spacial score (nSPS) is 28.4. The SMILES string of the molecule is O=C(C=Cc1ccc(O)c(O)c1)OCC1OC(OCC(O)C(O)CO)C(O)C(O)C1O. The molecule has 0 aromatic heterocycles. The van der Waals surface area contributed by atoms with Gasteiger partial charge in [0.05, 0.1) is 13.2 Å². The van der Waals surface area contributed by atoms with Gasteiger partial charge in [-0.1, -0.05) is 6.07 Å². The van der Waals surface area contributed by atoms with Gasteiger partial charge in [-0.05, 0) is 23.8 Å². The number of aromatic hydroxyl groups is 2. The predicted molar refractivity (Wildman–Crippen MR) is 101 cm³/mol. The molecule has 0 saturated carbocycles. The van der Waals surface area contributed by atoms with Crippen molar-refractivity contribution >= 4 is 12.0 Å². The van der Waals surface area contributed by atoms with E-state index in [0.717, 1.165) is 6.08 Å². The van der Waals surface area contributed by atoms with Gasteiger partial charge in [-0.2, -0.15) is 0 Å². The van der Waals surface area contributed by atoms with Crippen LogP contribution in [0.15, 0.2) is 24.3 Å². The minimum Gasteiger partial charge on any atom is -0.504 e. The first-order valence-corrected chi connectivity index (χ1v) is 9.29. The Labute approximate surface area is 176 Å². The summed E-state index contributed by atoms with van der Waals surface area (Å²) in [5.74, 6) is -1.54. The molecule has 0 bridgehead atoms. The van der Waals surface area contributed by atoms with E-state index in [1.165, 1.54) is 24.3 Å². The first-order chi connectivity index (χ1) is 14.6. The molecule has 1 aromatic carbocycles. The molecule has 0 radical (unpaired) electrons. The molecular formula is C19H26O12. The lowest BCUT2D eigenvalue weighted by Gasteiger charge is -2.40. The molecule has 1 aromatic rings. The van der Waals surface area contributed by atoms with Crippen molar-refractivity contribution in [3.8, 4) is 11.5 Å². The maximum Gasteiger partial charge on any atom is 0.330 e. The number of aliphatic hydroxyl groups is 6. The van der Waals surface area contributed by atoms with Crippen molar-refractivity contribution in [1.29, 1.82) is 0 Å². The molecular weight excluding hydrogens is 420 g/mol. The molecule has 31 heavy (non-hydrogen) atoms. The van der Waals surface area contributed by atoms with Crippen molar-refractivity contribution in [2.75, 3.05) is 19.8 Å². The third kappa shape index (κ3) is 6.85. The Morgan fingerprint density at radius 2 is 1.77 bits per heavy atom. The fraction of sp³-hybridized carbons (Fsp3) is 0.526. The fourth-order valence-corrected chi connectivity index (χ4v) is 2.64. The summed E-state index contributed by atoms with van der Waals surface area (Å²) in [6.07, 6.45) is -8.48. The number of phenolic OH excluding ortho intramolecular Hbond substituents is 2. The van der Waals surface area contributed by atoms with E-state index < -0.39 is 68.7 Å². The standard InChI is InChI=1S/C19H26O12/c20-6-12(23)13(24)7-30-19-18(28)17(27)16(26)14(31-19)8-29-15(25)4-2-9-1-3-10(21)11(22)5-9/h1-5,12-14,16-24,26-28H,6-8H2. The van der Waals surface area contributed by atoms with Gasteiger partial charge in [-0.25, -0.2) is 4.79 Å². The van der Waals surface area contributed by atoms with Crippen molar-refractivity contribution < 1.29 is 59.9 Å². The smallest absolute Gasteiger partial charge is 0.330 e. The van der Waals surface area contributed by atoms with Crippen LogP contribution in [0.4, 0.5) is 0 Å². The number of ether oxygens (including phenoxy) is 3. The summed E-state index contributed by atoms with van der Waals surface area (Å²) >= 11 is 0. The third-order valence-electron chi connectivity index (χ3n) is 4.53. The van der Waals surface area contributed by atoms with Crippen LogP contribution in [0, 0.1) is 0 Å². The highest BCUT2D eigenvalue weighted by Crippen LogP contribution is 2.25. The molecule has 8 N–H and O–H groups in total. The van der Waals surface area contributed by atoms with Gasteiger partial charge in [0.1, 0.15) is 43.2 Å². The van der Waals surface area contributed by atoms with E-state index in [1.54, 1.807) is 0 Å². The summed E-state index contributed by atoms with van der Waals surface area (Å²) < 4.78 is 15.3. The van der Waals surface area contributed by atoms with Gasteiger partial charge in [0, 0.05) is 6.08 Å². The minimum atomic E-state index is -1.71. The van der Waals surface area contributed by atoms with Gasteiger partial charge in [0.15, 0.2) is 17.8 Å². The summed E-state index contributed by atoms with van der Waals surface area (Å²) in [6.45, 7) is -1.80. The van der Waals surface area contributed by atoms with Crippen LogP contribution in [-0.2, 0) is 19.0 Å². The first kappa shape index (κ1) is 25.0. The number of esters is 1. The van der Waals surface area contributed by atoms with Crippen molar-refractivity contribution in [1.82, 2.24) is 0 Å². The van der Waals surface area contributed by atoms with Crippen LogP contribution in [0.25, 0.3) is 6.08 Å². The lowest BCUT2D eigenvalue weighted by atomic mass is 9.99. The highest BCUT2D eigenvalue weighted by Gasteiger charge is 2.45. The summed E-state index contributed by atoms with van der Waals surface area (Å²) in [5, 5.41) is 76.3. The number of benzene rings is 1. The number of hydrogen-bond acceptors (Lipinski definition) is 12. The van der Waals surface area contributed by atoms with Crippen molar-refractivity contribution in [2.24, 2.45) is 0 Å². The van der Waals surface area contributed by atoms with E-state index in [4.69, 9.17) is 19.3 Å². The molecule has 12 heteroatoms. The molecule has 0 amide bonds. The minimum absolute atomic E-state index is 0.320. The quantitative estimate of drug-likeness (QED) is 0.110. The summed E-state index contributed by atoms with van der Waals surface area (Å²) in [4.78, 5) is 11.9. The molecule has 12 nitrogen and oxygen atoms in total. The molecule has 1 heterocycles. The average molecular weight is 446 g/mol. The Balaban J connectivity index is 1.90. The topological polar surface area (TPSA) is 207 Å². The van der Waals surface area contributed by atoms with Gasteiger partial charge in [-0.3, -0.25) is 0 Å². The molecule has 7 unspecified atom stereocenters.